The SMILES string of the molecule is CC=C1C=C(C(=O)c2ccccc2)C=CC1. The fourth-order valence-corrected chi connectivity index (χ4v) is 1.73. The number of ketones is 1. The maximum absolute atomic E-state index is 12.1. The second-order valence-corrected chi connectivity index (χ2v) is 3.76. The van der Waals surface area contributed by atoms with Gasteiger partial charge in [0.05, 0.1) is 0 Å². The van der Waals surface area contributed by atoms with E-state index in [1.807, 2.05) is 61.6 Å². The number of hydrogen-bond donors (Lipinski definition) is 0. The molecule has 0 saturated heterocycles. The lowest BCUT2D eigenvalue weighted by molar-refractivity contribution is 0.103. The van der Waals surface area contributed by atoms with Crippen molar-refractivity contribution in [1.82, 2.24) is 0 Å². The van der Waals surface area contributed by atoms with Gasteiger partial charge >= 0.3 is 0 Å². The minimum atomic E-state index is 0.0934. The first-order valence-corrected chi connectivity index (χ1v) is 5.44. The summed E-state index contributed by atoms with van der Waals surface area (Å²) in [6, 6.07) is 9.38. The summed E-state index contributed by atoms with van der Waals surface area (Å²) in [5.41, 5.74) is 2.71. The van der Waals surface area contributed by atoms with Gasteiger partial charge in [-0.05, 0) is 25.0 Å². The molecule has 2 rings (SSSR count). The van der Waals surface area contributed by atoms with Crippen molar-refractivity contribution in [3.63, 3.8) is 0 Å². The van der Waals surface area contributed by atoms with Crippen molar-refractivity contribution in [1.29, 1.82) is 0 Å². The highest BCUT2D eigenvalue weighted by Crippen LogP contribution is 2.19. The van der Waals surface area contributed by atoms with Gasteiger partial charge in [0, 0.05) is 11.1 Å². The Labute approximate surface area is 95.8 Å². The van der Waals surface area contributed by atoms with Crippen LogP contribution in [0.2, 0.25) is 0 Å². The number of hydrogen-bond acceptors (Lipinski definition) is 1. The standard InChI is InChI=1S/C15H14O/c1-2-12-7-6-10-14(11-12)15(16)13-8-4-3-5-9-13/h2-6,8-11H,7H2,1H3. The zero-order chi connectivity index (χ0) is 11.4. The van der Waals surface area contributed by atoms with Crippen LogP contribution in [0.25, 0.3) is 0 Å². The van der Waals surface area contributed by atoms with Crippen LogP contribution in [0.5, 0.6) is 0 Å². The second-order valence-electron chi connectivity index (χ2n) is 3.76. The number of carbonyl (C=O) groups excluding carboxylic acids is 1. The number of carbonyl (C=O) groups is 1. The first-order chi connectivity index (χ1) is 7.81. The van der Waals surface area contributed by atoms with Crippen molar-refractivity contribution in [3.8, 4) is 0 Å². The van der Waals surface area contributed by atoms with Crippen LogP contribution in [0, 0.1) is 0 Å². The molecule has 0 atom stereocenters. The van der Waals surface area contributed by atoms with E-state index in [1.165, 1.54) is 5.57 Å². The average molecular weight is 210 g/mol. The largest absolute Gasteiger partial charge is 0.289 e. The van der Waals surface area contributed by atoms with Gasteiger partial charge in [0.25, 0.3) is 0 Å². The topological polar surface area (TPSA) is 17.1 Å². The van der Waals surface area contributed by atoms with E-state index in [4.69, 9.17) is 0 Å². The molecule has 1 aliphatic carbocycles. The van der Waals surface area contributed by atoms with Gasteiger partial charge in [0.1, 0.15) is 0 Å². The lowest BCUT2D eigenvalue weighted by Gasteiger charge is -2.08. The highest BCUT2D eigenvalue weighted by molar-refractivity contribution is 6.11. The molecule has 1 aromatic carbocycles. The average Bonchev–Trinajstić information content (AvgIpc) is 2.39. The van der Waals surface area contributed by atoms with Crippen LogP contribution in [0.4, 0.5) is 0 Å². The van der Waals surface area contributed by atoms with E-state index in [0.29, 0.717) is 0 Å². The molecule has 0 N–H and O–H groups in total. The van der Waals surface area contributed by atoms with E-state index in [0.717, 1.165) is 17.6 Å². The van der Waals surface area contributed by atoms with Crippen LogP contribution in [0.3, 0.4) is 0 Å². The van der Waals surface area contributed by atoms with E-state index < -0.39 is 0 Å². The Bertz CT molecular complexity index is 475. The number of allylic oxidation sites excluding steroid dienone is 6. The first kappa shape index (κ1) is 10.6. The maximum Gasteiger partial charge on any atom is 0.193 e. The lowest BCUT2D eigenvalue weighted by Crippen LogP contribution is -2.03. The summed E-state index contributed by atoms with van der Waals surface area (Å²) < 4.78 is 0. The molecule has 80 valence electrons. The van der Waals surface area contributed by atoms with Gasteiger partial charge in [-0.15, -0.1) is 0 Å². The van der Waals surface area contributed by atoms with Gasteiger partial charge < -0.3 is 0 Å². The minimum absolute atomic E-state index is 0.0934. The van der Waals surface area contributed by atoms with Gasteiger partial charge in [0.15, 0.2) is 5.78 Å². The molecule has 0 bridgehead atoms. The molecule has 0 fully saturated rings. The summed E-state index contributed by atoms with van der Waals surface area (Å²) in [5.74, 6) is 0.0934. The predicted octanol–water partition coefficient (Wildman–Crippen LogP) is 3.70. The molecule has 1 aromatic rings. The molecule has 16 heavy (non-hydrogen) atoms. The Balaban J connectivity index is 2.30. The van der Waals surface area contributed by atoms with Crippen LogP contribution < -0.4 is 0 Å². The first-order valence-electron chi connectivity index (χ1n) is 5.44. The van der Waals surface area contributed by atoms with Crippen molar-refractivity contribution in [3.05, 3.63) is 71.3 Å². The molecule has 1 nitrogen and oxygen atoms in total. The van der Waals surface area contributed by atoms with Gasteiger partial charge in [-0.2, -0.15) is 0 Å². The Morgan fingerprint density at radius 3 is 2.69 bits per heavy atom. The molecule has 0 aromatic heterocycles. The molecule has 0 amide bonds. The fraction of sp³-hybridized carbons (Fsp3) is 0.133. The van der Waals surface area contributed by atoms with Gasteiger partial charge in [-0.1, -0.05) is 48.6 Å². The fourth-order valence-electron chi connectivity index (χ4n) is 1.73. The monoisotopic (exact) mass is 210 g/mol. The van der Waals surface area contributed by atoms with E-state index >= 15 is 0 Å². The molecule has 1 heteroatoms. The zero-order valence-corrected chi connectivity index (χ0v) is 9.31. The van der Waals surface area contributed by atoms with Crippen molar-refractivity contribution in [2.24, 2.45) is 0 Å². The molecule has 0 spiro atoms. The van der Waals surface area contributed by atoms with E-state index in [1.54, 1.807) is 0 Å². The van der Waals surface area contributed by atoms with E-state index in [-0.39, 0.29) is 5.78 Å². The summed E-state index contributed by atoms with van der Waals surface area (Å²) in [6.07, 6.45) is 8.87. The highest BCUT2D eigenvalue weighted by atomic mass is 16.1. The molecule has 0 unspecified atom stereocenters. The number of rotatable bonds is 2. The third-order valence-electron chi connectivity index (χ3n) is 2.66. The lowest BCUT2D eigenvalue weighted by atomic mass is 9.95. The summed E-state index contributed by atoms with van der Waals surface area (Å²) in [4.78, 5) is 12.1. The zero-order valence-electron chi connectivity index (χ0n) is 9.31. The van der Waals surface area contributed by atoms with E-state index in [2.05, 4.69) is 0 Å². The van der Waals surface area contributed by atoms with Crippen molar-refractivity contribution in [2.75, 3.05) is 0 Å². The van der Waals surface area contributed by atoms with E-state index in [9.17, 15) is 4.79 Å². The summed E-state index contributed by atoms with van der Waals surface area (Å²) in [6.45, 7) is 2.00. The van der Waals surface area contributed by atoms with Crippen LogP contribution in [0.1, 0.15) is 23.7 Å². The summed E-state index contributed by atoms with van der Waals surface area (Å²) in [5, 5.41) is 0. The Morgan fingerprint density at radius 2 is 2.00 bits per heavy atom. The Kier molecular flexibility index (Phi) is 3.16. The molecular weight excluding hydrogens is 196 g/mol. The molecule has 0 saturated carbocycles. The van der Waals surface area contributed by atoms with Crippen LogP contribution >= 0.6 is 0 Å². The molecule has 1 aliphatic rings. The van der Waals surface area contributed by atoms with Crippen LogP contribution in [-0.2, 0) is 0 Å². The van der Waals surface area contributed by atoms with Gasteiger partial charge in [0.2, 0.25) is 0 Å². The van der Waals surface area contributed by atoms with Crippen molar-refractivity contribution in [2.45, 2.75) is 13.3 Å². The van der Waals surface area contributed by atoms with Crippen LogP contribution in [0.15, 0.2) is 65.8 Å². The summed E-state index contributed by atoms with van der Waals surface area (Å²) >= 11 is 0. The normalized spacial score (nSPS) is 17.3. The molecule has 0 aliphatic heterocycles. The quantitative estimate of drug-likeness (QED) is 0.680. The third kappa shape index (κ3) is 2.19. The predicted molar refractivity (Wildman–Crippen MR) is 66.4 cm³/mol. The summed E-state index contributed by atoms with van der Waals surface area (Å²) in [7, 11) is 0. The van der Waals surface area contributed by atoms with Crippen molar-refractivity contribution < 1.29 is 4.79 Å². The Hall–Kier alpha value is -1.89. The van der Waals surface area contributed by atoms with Gasteiger partial charge in [-0.25, -0.2) is 0 Å². The minimum Gasteiger partial charge on any atom is -0.289 e. The number of benzene rings is 1. The van der Waals surface area contributed by atoms with Crippen molar-refractivity contribution >= 4 is 5.78 Å². The smallest absolute Gasteiger partial charge is 0.193 e. The maximum atomic E-state index is 12.1. The Morgan fingerprint density at radius 1 is 1.25 bits per heavy atom. The second kappa shape index (κ2) is 4.75. The molecule has 0 radical (unpaired) electrons. The van der Waals surface area contributed by atoms with Crippen LogP contribution in [-0.4, -0.2) is 5.78 Å². The highest BCUT2D eigenvalue weighted by Gasteiger charge is 2.11. The number of Topliss-reactive ketones (excluding diaryl/α,β-unsaturated/α-hetero) is 1. The third-order valence-corrected chi connectivity index (χ3v) is 2.66. The molecule has 0 heterocycles. The van der Waals surface area contributed by atoms with Gasteiger partial charge in [-0.3, -0.25) is 4.79 Å². The molecular formula is C15H14O.